The van der Waals surface area contributed by atoms with E-state index >= 15 is 0 Å². The molecule has 2 aromatic rings. The smallest absolute Gasteiger partial charge is 0.211 e. The second-order valence-electron chi connectivity index (χ2n) is 4.53. The molecule has 0 saturated carbocycles. The number of anilines is 1. The highest BCUT2D eigenvalue weighted by Crippen LogP contribution is 2.18. The Kier molecular flexibility index (Phi) is 4.20. The van der Waals surface area contributed by atoms with Crippen molar-refractivity contribution in [3.63, 3.8) is 0 Å². The van der Waals surface area contributed by atoms with E-state index in [4.69, 9.17) is 0 Å². The first-order chi connectivity index (χ1) is 9.51. The van der Waals surface area contributed by atoms with E-state index < -0.39 is 9.84 Å². The summed E-state index contributed by atoms with van der Waals surface area (Å²) in [6, 6.07) is 13.5. The molecule has 0 aliphatic carbocycles. The minimum Gasteiger partial charge on any atom is -0.329 e. The largest absolute Gasteiger partial charge is 0.329 e. The normalized spacial score (nSPS) is 11.1. The maximum atomic E-state index is 12.3. The van der Waals surface area contributed by atoms with E-state index in [1.807, 2.05) is 6.92 Å². The van der Waals surface area contributed by atoms with Crippen molar-refractivity contribution in [3.8, 4) is 0 Å². The molecule has 104 valence electrons. The van der Waals surface area contributed by atoms with E-state index in [-0.39, 0.29) is 5.75 Å². The minimum absolute atomic E-state index is 0.0581. The van der Waals surface area contributed by atoms with Crippen LogP contribution in [0.4, 0.5) is 5.69 Å². The SMILES string of the molecule is Cc1ccc(S(=O)(=O)Cc2ccc(NC=O)cc2)cc1. The molecule has 0 heterocycles. The Hall–Kier alpha value is -2.14. The standard InChI is InChI=1S/C15H15NO3S/c1-12-2-8-15(9-3-12)20(18,19)10-13-4-6-14(7-5-13)16-11-17/h2-9,11H,10H2,1H3,(H,16,17). The molecule has 0 aliphatic rings. The van der Waals surface area contributed by atoms with Gasteiger partial charge in [0.05, 0.1) is 10.6 Å². The van der Waals surface area contributed by atoms with E-state index in [9.17, 15) is 13.2 Å². The number of carbonyl (C=O) groups excluding carboxylic acids is 1. The van der Waals surface area contributed by atoms with Crippen molar-refractivity contribution >= 4 is 21.9 Å². The topological polar surface area (TPSA) is 63.2 Å². The molecule has 0 spiro atoms. The van der Waals surface area contributed by atoms with Crippen LogP contribution in [0.5, 0.6) is 0 Å². The summed E-state index contributed by atoms with van der Waals surface area (Å²) < 4.78 is 24.5. The summed E-state index contributed by atoms with van der Waals surface area (Å²) in [5.74, 6) is -0.0581. The highest BCUT2D eigenvalue weighted by Gasteiger charge is 2.14. The summed E-state index contributed by atoms with van der Waals surface area (Å²) >= 11 is 0. The third kappa shape index (κ3) is 3.45. The van der Waals surface area contributed by atoms with Crippen molar-refractivity contribution in [1.82, 2.24) is 0 Å². The number of nitrogens with one attached hydrogen (secondary N) is 1. The summed E-state index contributed by atoms with van der Waals surface area (Å²) in [5.41, 5.74) is 2.34. The third-order valence-electron chi connectivity index (χ3n) is 2.92. The minimum atomic E-state index is -3.35. The van der Waals surface area contributed by atoms with Crippen LogP contribution in [0.15, 0.2) is 53.4 Å². The summed E-state index contributed by atoms with van der Waals surface area (Å²) in [7, 11) is -3.35. The lowest BCUT2D eigenvalue weighted by atomic mass is 10.2. The zero-order valence-corrected chi connectivity index (χ0v) is 11.9. The summed E-state index contributed by atoms with van der Waals surface area (Å²) in [6.45, 7) is 1.91. The molecule has 1 amide bonds. The number of hydrogen-bond donors (Lipinski definition) is 1. The third-order valence-corrected chi connectivity index (χ3v) is 4.62. The molecule has 0 radical (unpaired) electrons. The number of amides is 1. The van der Waals surface area contributed by atoms with Gasteiger partial charge < -0.3 is 5.32 Å². The quantitative estimate of drug-likeness (QED) is 0.860. The first-order valence-corrected chi connectivity index (χ1v) is 7.75. The van der Waals surface area contributed by atoms with Crippen LogP contribution in [0.25, 0.3) is 0 Å². The molecule has 0 bridgehead atoms. The van der Waals surface area contributed by atoms with Gasteiger partial charge in [-0.2, -0.15) is 0 Å². The van der Waals surface area contributed by atoms with Crippen molar-refractivity contribution in [1.29, 1.82) is 0 Å². The van der Waals surface area contributed by atoms with Crippen LogP contribution < -0.4 is 5.32 Å². The summed E-state index contributed by atoms with van der Waals surface area (Å²) in [4.78, 5) is 10.6. The number of aryl methyl sites for hydroxylation is 1. The Morgan fingerprint density at radius 1 is 1.00 bits per heavy atom. The van der Waals surface area contributed by atoms with Crippen molar-refractivity contribution in [2.24, 2.45) is 0 Å². The zero-order chi connectivity index (χ0) is 14.6. The molecule has 4 nitrogen and oxygen atoms in total. The maximum Gasteiger partial charge on any atom is 0.211 e. The maximum absolute atomic E-state index is 12.3. The lowest BCUT2D eigenvalue weighted by Gasteiger charge is -2.06. The van der Waals surface area contributed by atoms with Crippen LogP contribution in [0.3, 0.4) is 0 Å². The van der Waals surface area contributed by atoms with Gasteiger partial charge in [-0.1, -0.05) is 29.8 Å². The van der Waals surface area contributed by atoms with Crippen LogP contribution in [0.1, 0.15) is 11.1 Å². The van der Waals surface area contributed by atoms with E-state index in [0.717, 1.165) is 5.56 Å². The molecule has 0 saturated heterocycles. The summed E-state index contributed by atoms with van der Waals surface area (Å²) in [5, 5.41) is 2.51. The average Bonchev–Trinajstić information content (AvgIpc) is 2.41. The Bertz CT molecular complexity index is 689. The molecule has 0 aliphatic heterocycles. The second kappa shape index (κ2) is 5.88. The number of sulfone groups is 1. The number of rotatable bonds is 5. The highest BCUT2D eigenvalue weighted by molar-refractivity contribution is 7.90. The van der Waals surface area contributed by atoms with Crippen LogP contribution in [-0.4, -0.2) is 14.8 Å². The predicted octanol–water partition coefficient (Wildman–Crippen LogP) is 2.54. The fourth-order valence-corrected chi connectivity index (χ4v) is 3.16. The molecule has 0 unspecified atom stereocenters. The van der Waals surface area contributed by atoms with Gasteiger partial charge in [-0.25, -0.2) is 8.42 Å². The lowest BCUT2D eigenvalue weighted by Crippen LogP contribution is -2.05. The predicted molar refractivity (Wildman–Crippen MR) is 78.2 cm³/mol. The molecule has 2 aromatic carbocycles. The van der Waals surface area contributed by atoms with Gasteiger partial charge >= 0.3 is 0 Å². The van der Waals surface area contributed by atoms with E-state index in [2.05, 4.69) is 5.32 Å². The van der Waals surface area contributed by atoms with Crippen molar-refractivity contribution in [2.75, 3.05) is 5.32 Å². The molecule has 1 N–H and O–H groups in total. The number of hydrogen-bond acceptors (Lipinski definition) is 3. The molecule has 0 fully saturated rings. The first-order valence-electron chi connectivity index (χ1n) is 6.10. The highest BCUT2D eigenvalue weighted by atomic mass is 32.2. The molecule has 2 rings (SSSR count). The van der Waals surface area contributed by atoms with E-state index in [1.165, 1.54) is 0 Å². The first kappa shape index (κ1) is 14.3. The van der Waals surface area contributed by atoms with Gasteiger partial charge in [-0.3, -0.25) is 4.79 Å². The van der Waals surface area contributed by atoms with E-state index in [0.29, 0.717) is 22.6 Å². The van der Waals surface area contributed by atoms with Crippen LogP contribution in [-0.2, 0) is 20.4 Å². The van der Waals surface area contributed by atoms with Gasteiger partial charge in [-0.05, 0) is 36.8 Å². The molecule has 5 heteroatoms. The molecular weight excluding hydrogens is 274 g/mol. The Balaban J connectivity index is 2.19. The summed E-state index contributed by atoms with van der Waals surface area (Å²) in [6.07, 6.45) is 0.581. The van der Waals surface area contributed by atoms with Gasteiger partial charge in [0.15, 0.2) is 9.84 Å². The Morgan fingerprint density at radius 2 is 1.60 bits per heavy atom. The molecule has 0 atom stereocenters. The van der Waals surface area contributed by atoms with E-state index in [1.54, 1.807) is 48.5 Å². The van der Waals surface area contributed by atoms with Gasteiger partial charge in [0.1, 0.15) is 0 Å². The van der Waals surface area contributed by atoms with Gasteiger partial charge in [-0.15, -0.1) is 0 Å². The Morgan fingerprint density at radius 3 is 2.15 bits per heavy atom. The van der Waals surface area contributed by atoms with Crippen molar-refractivity contribution in [3.05, 3.63) is 59.7 Å². The van der Waals surface area contributed by atoms with Gasteiger partial charge in [0, 0.05) is 5.69 Å². The van der Waals surface area contributed by atoms with Crippen molar-refractivity contribution in [2.45, 2.75) is 17.6 Å². The van der Waals surface area contributed by atoms with Gasteiger partial charge in [0.2, 0.25) is 6.41 Å². The Labute approximate surface area is 118 Å². The number of benzene rings is 2. The second-order valence-corrected chi connectivity index (χ2v) is 6.52. The lowest BCUT2D eigenvalue weighted by molar-refractivity contribution is -0.105. The van der Waals surface area contributed by atoms with Crippen LogP contribution >= 0.6 is 0 Å². The fourth-order valence-electron chi connectivity index (χ4n) is 1.81. The van der Waals surface area contributed by atoms with Crippen LogP contribution in [0, 0.1) is 6.92 Å². The average molecular weight is 289 g/mol. The van der Waals surface area contributed by atoms with Gasteiger partial charge in [0.25, 0.3) is 0 Å². The molecular formula is C15H15NO3S. The molecule has 0 aromatic heterocycles. The van der Waals surface area contributed by atoms with Crippen molar-refractivity contribution < 1.29 is 13.2 Å². The van der Waals surface area contributed by atoms with Crippen LogP contribution in [0.2, 0.25) is 0 Å². The fraction of sp³-hybridized carbons (Fsp3) is 0.133. The monoisotopic (exact) mass is 289 g/mol. The zero-order valence-electron chi connectivity index (χ0n) is 11.0. The number of carbonyl (C=O) groups is 1. The molecule has 20 heavy (non-hydrogen) atoms.